The number of imidazole rings is 1. The average molecular weight is 166 g/mol. The number of ether oxygens (including phenoxy) is 1. The first-order chi connectivity index (χ1) is 5.74. The van der Waals surface area contributed by atoms with Crippen LogP contribution in [0.2, 0.25) is 0 Å². The first-order valence-corrected chi connectivity index (χ1v) is 4.01. The van der Waals surface area contributed by atoms with Crippen LogP contribution in [0.3, 0.4) is 0 Å². The molecule has 0 radical (unpaired) electrons. The molecule has 0 aromatic carbocycles. The van der Waals surface area contributed by atoms with E-state index in [4.69, 9.17) is 4.74 Å². The predicted octanol–water partition coefficient (Wildman–Crippen LogP) is 1.98. The third kappa shape index (κ3) is 2.20. The van der Waals surface area contributed by atoms with E-state index in [2.05, 4.69) is 16.5 Å². The third-order valence-corrected chi connectivity index (χ3v) is 1.53. The molecule has 0 saturated heterocycles. The average Bonchev–Trinajstić information content (AvgIpc) is 2.48. The Bertz CT molecular complexity index is 265. The zero-order valence-electron chi connectivity index (χ0n) is 7.55. The number of allylic oxidation sites excluding steroid dienone is 1. The van der Waals surface area contributed by atoms with E-state index in [-0.39, 0.29) is 0 Å². The van der Waals surface area contributed by atoms with Crippen molar-refractivity contribution in [1.82, 2.24) is 9.97 Å². The van der Waals surface area contributed by atoms with Gasteiger partial charge in [0.15, 0.2) is 0 Å². The van der Waals surface area contributed by atoms with Crippen molar-refractivity contribution in [2.45, 2.75) is 20.5 Å². The molecule has 1 heterocycles. The number of aromatic nitrogens is 2. The minimum atomic E-state index is 0.545. The number of nitrogens with zero attached hydrogens (tertiary/aromatic N) is 1. The van der Waals surface area contributed by atoms with Crippen LogP contribution in [0, 0.1) is 0 Å². The Morgan fingerprint density at radius 3 is 3.00 bits per heavy atom. The number of hydrogen-bond acceptors (Lipinski definition) is 2. The van der Waals surface area contributed by atoms with Crippen LogP contribution in [0.25, 0.3) is 5.57 Å². The van der Waals surface area contributed by atoms with Crippen molar-refractivity contribution in [1.29, 1.82) is 0 Å². The molecule has 0 spiro atoms. The van der Waals surface area contributed by atoms with Gasteiger partial charge in [0.2, 0.25) is 0 Å². The highest BCUT2D eigenvalue weighted by molar-refractivity contribution is 5.56. The molecule has 0 unspecified atom stereocenters. The SMILES string of the molecule is C=C(C)c1cnc(COCC)[nH]1. The lowest BCUT2D eigenvalue weighted by molar-refractivity contribution is 0.129. The summed E-state index contributed by atoms with van der Waals surface area (Å²) in [6.45, 7) is 8.97. The van der Waals surface area contributed by atoms with E-state index in [1.54, 1.807) is 6.20 Å². The Labute approximate surface area is 72.5 Å². The lowest BCUT2D eigenvalue weighted by Crippen LogP contribution is -1.93. The quantitative estimate of drug-likeness (QED) is 0.742. The number of aromatic amines is 1. The lowest BCUT2D eigenvalue weighted by atomic mass is 10.3. The van der Waals surface area contributed by atoms with E-state index in [9.17, 15) is 0 Å². The van der Waals surface area contributed by atoms with Gasteiger partial charge in [0.05, 0.1) is 11.9 Å². The van der Waals surface area contributed by atoms with Gasteiger partial charge in [0.25, 0.3) is 0 Å². The molecule has 0 amide bonds. The largest absolute Gasteiger partial charge is 0.374 e. The number of rotatable bonds is 4. The molecule has 0 fully saturated rings. The highest BCUT2D eigenvalue weighted by atomic mass is 16.5. The highest BCUT2D eigenvalue weighted by Gasteiger charge is 1.99. The molecular formula is C9H14N2O. The fourth-order valence-electron chi connectivity index (χ4n) is 0.851. The van der Waals surface area contributed by atoms with Crippen LogP contribution >= 0.6 is 0 Å². The molecule has 0 aliphatic carbocycles. The first kappa shape index (κ1) is 9.00. The molecule has 0 bridgehead atoms. The number of H-pyrrole nitrogens is 1. The van der Waals surface area contributed by atoms with Crippen LogP contribution < -0.4 is 0 Å². The van der Waals surface area contributed by atoms with Gasteiger partial charge in [-0.25, -0.2) is 4.98 Å². The molecule has 0 aliphatic heterocycles. The predicted molar refractivity (Wildman–Crippen MR) is 48.6 cm³/mol. The highest BCUT2D eigenvalue weighted by Crippen LogP contribution is 2.07. The number of nitrogens with one attached hydrogen (secondary N) is 1. The Kier molecular flexibility index (Phi) is 3.05. The van der Waals surface area contributed by atoms with Gasteiger partial charge >= 0.3 is 0 Å². The van der Waals surface area contributed by atoms with Crippen molar-refractivity contribution >= 4 is 5.57 Å². The first-order valence-electron chi connectivity index (χ1n) is 4.01. The monoisotopic (exact) mass is 166 g/mol. The van der Waals surface area contributed by atoms with Crippen molar-refractivity contribution < 1.29 is 4.74 Å². The molecule has 0 atom stereocenters. The summed E-state index contributed by atoms with van der Waals surface area (Å²) in [6.07, 6.45) is 1.77. The molecule has 1 rings (SSSR count). The van der Waals surface area contributed by atoms with Crippen LogP contribution in [0.5, 0.6) is 0 Å². The smallest absolute Gasteiger partial charge is 0.132 e. The van der Waals surface area contributed by atoms with E-state index in [0.717, 1.165) is 17.1 Å². The van der Waals surface area contributed by atoms with Gasteiger partial charge in [-0.2, -0.15) is 0 Å². The van der Waals surface area contributed by atoms with Crippen molar-refractivity contribution in [3.8, 4) is 0 Å². The van der Waals surface area contributed by atoms with E-state index in [1.807, 2.05) is 13.8 Å². The van der Waals surface area contributed by atoms with Gasteiger partial charge in [-0.15, -0.1) is 0 Å². The topological polar surface area (TPSA) is 37.9 Å². The Balaban J connectivity index is 2.58. The molecule has 3 nitrogen and oxygen atoms in total. The summed E-state index contributed by atoms with van der Waals surface area (Å²) in [5.74, 6) is 0.856. The van der Waals surface area contributed by atoms with Gasteiger partial charge in [0, 0.05) is 6.61 Å². The van der Waals surface area contributed by atoms with Crippen LogP contribution in [0.15, 0.2) is 12.8 Å². The van der Waals surface area contributed by atoms with Gasteiger partial charge in [-0.1, -0.05) is 6.58 Å². The lowest BCUT2D eigenvalue weighted by Gasteiger charge is -1.96. The number of hydrogen-bond donors (Lipinski definition) is 1. The maximum absolute atomic E-state index is 5.19. The van der Waals surface area contributed by atoms with Crippen molar-refractivity contribution in [3.05, 3.63) is 24.3 Å². The van der Waals surface area contributed by atoms with Crippen LogP contribution in [-0.4, -0.2) is 16.6 Å². The van der Waals surface area contributed by atoms with Crippen LogP contribution in [-0.2, 0) is 11.3 Å². The minimum Gasteiger partial charge on any atom is -0.374 e. The van der Waals surface area contributed by atoms with Crippen molar-refractivity contribution in [3.63, 3.8) is 0 Å². The molecule has 1 N–H and O–H groups in total. The van der Waals surface area contributed by atoms with E-state index in [0.29, 0.717) is 13.2 Å². The standard InChI is InChI=1S/C9H14N2O/c1-4-12-6-9-10-5-8(11-9)7(2)3/h5H,2,4,6H2,1,3H3,(H,10,11). The second-order valence-corrected chi connectivity index (χ2v) is 2.66. The van der Waals surface area contributed by atoms with E-state index in [1.165, 1.54) is 0 Å². The maximum Gasteiger partial charge on any atom is 0.132 e. The third-order valence-electron chi connectivity index (χ3n) is 1.53. The normalized spacial score (nSPS) is 10.2. The summed E-state index contributed by atoms with van der Waals surface area (Å²) in [6, 6.07) is 0. The van der Waals surface area contributed by atoms with Gasteiger partial charge in [-0.3, -0.25) is 0 Å². The molecular weight excluding hydrogens is 152 g/mol. The van der Waals surface area contributed by atoms with Gasteiger partial charge in [-0.05, 0) is 19.4 Å². The van der Waals surface area contributed by atoms with Crippen LogP contribution in [0.4, 0.5) is 0 Å². The Morgan fingerprint density at radius 1 is 1.75 bits per heavy atom. The summed E-state index contributed by atoms with van der Waals surface area (Å²) < 4.78 is 5.19. The fraction of sp³-hybridized carbons (Fsp3) is 0.444. The second kappa shape index (κ2) is 4.07. The van der Waals surface area contributed by atoms with E-state index < -0.39 is 0 Å². The van der Waals surface area contributed by atoms with Crippen molar-refractivity contribution in [2.24, 2.45) is 0 Å². The molecule has 66 valence electrons. The Morgan fingerprint density at radius 2 is 2.50 bits per heavy atom. The zero-order chi connectivity index (χ0) is 8.97. The maximum atomic E-state index is 5.19. The summed E-state index contributed by atoms with van der Waals surface area (Å²) in [5, 5.41) is 0. The molecule has 0 aliphatic rings. The summed E-state index contributed by atoms with van der Waals surface area (Å²) in [5.41, 5.74) is 1.97. The summed E-state index contributed by atoms with van der Waals surface area (Å²) >= 11 is 0. The summed E-state index contributed by atoms with van der Waals surface area (Å²) in [4.78, 5) is 7.25. The molecule has 1 aromatic heterocycles. The minimum absolute atomic E-state index is 0.545. The molecule has 1 aromatic rings. The van der Waals surface area contributed by atoms with Crippen LogP contribution in [0.1, 0.15) is 25.4 Å². The molecule has 0 saturated carbocycles. The van der Waals surface area contributed by atoms with Gasteiger partial charge < -0.3 is 9.72 Å². The summed E-state index contributed by atoms with van der Waals surface area (Å²) in [7, 11) is 0. The molecule has 12 heavy (non-hydrogen) atoms. The second-order valence-electron chi connectivity index (χ2n) is 2.66. The zero-order valence-corrected chi connectivity index (χ0v) is 7.55. The fourth-order valence-corrected chi connectivity index (χ4v) is 0.851. The van der Waals surface area contributed by atoms with E-state index >= 15 is 0 Å². The Hall–Kier alpha value is -1.09. The van der Waals surface area contributed by atoms with Crippen molar-refractivity contribution in [2.75, 3.05) is 6.61 Å². The molecule has 3 heteroatoms. The van der Waals surface area contributed by atoms with Gasteiger partial charge in [0.1, 0.15) is 12.4 Å².